The first-order valence-corrected chi connectivity index (χ1v) is 29.2. The van der Waals surface area contributed by atoms with E-state index in [9.17, 15) is 0 Å². The maximum Gasteiger partial charge on any atom is 0.0888 e. The molecule has 0 amide bonds. The Hall–Kier alpha value is -9.92. The van der Waals surface area contributed by atoms with Crippen LogP contribution < -0.4 is 9.80 Å². The minimum Gasteiger partial charge on any atom is -0.309 e. The van der Waals surface area contributed by atoms with Crippen molar-refractivity contribution in [1.29, 1.82) is 0 Å². The minimum absolute atomic E-state index is 1.09. The average molecular weight is 1070 g/mol. The van der Waals surface area contributed by atoms with Gasteiger partial charge in [-0.15, -0.1) is 22.7 Å². The lowest BCUT2D eigenvalue weighted by Gasteiger charge is -2.34. The Morgan fingerprint density at radius 2 is 0.926 bits per heavy atom. The molecule has 0 atom stereocenters. The van der Waals surface area contributed by atoms with Gasteiger partial charge < -0.3 is 14.4 Å². The summed E-state index contributed by atoms with van der Waals surface area (Å²) in [5, 5.41) is 11.4. The van der Waals surface area contributed by atoms with Crippen molar-refractivity contribution >= 4 is 141 Å². The summed E-state index contributed by atoms with van der Waals surface area (Å²) in [4.78, 5) is 14.5. The van der Waals surface area contributed by atoms with Crippen LogP contribution in [0.2, 0.25) is 0 Å². The van der Waals surface area contributed by atoms with E-state index < -0.39 is 0 Å². The molecule has 380 valence electrons. The van der Waals surface area contributed by atoms with Gasteiger partial charge in [-0.25, -0.2) is 0 Å². The van der Waals surface area contributed by atoms with Crippen molar-refractivity contribution in [2.45, 2.75) is 13.8 Å². The number of benzene rings is 11. The Labute approximate surface area is 475 Å². The van der Waals surface area contributed by atoms with Gasteiger partial charge in [-0.05, 0) is 144 Å². The number of aromatic nitrogens is 3. The number of aryl methyl sites for hydroxylation is 2. The molecule has 16 aromatic rings. The molecule has 0 bridgehead atoms. The summed E-state index contributed by atoms with van der Waals surface area (Å²) in [6.07, 6.45) is 6.00. The third kappa shape index (κ3) is 6.83. The Morgan fingerprint density at radius 3 is 1.75 bits per heavy atom. The van der Waals surface area contributed by atoms with Crippen LogP contribution in [0.1, 0.15) is 11.1 Å². The highest BCUT2D eigenvalue weighted by molar-refractivity contribution is 7.27. The zero-order chi connectivity index (χ0) is 53.4. The first kappa shape index (κ1) is 46.0. The summed E-state index contributed by atoms with van der Waals surface area (Å²) in [6, 6.07) is 83.9. The SMILES string of the molecule is Cc1ccccc1-c1cc(N2c3ccccc3-c3cc4c5ncccc5sc4c4cccc2c34)ccc1C.c1ccc(-n2c3ccccc3c3cc(N4c5ccccc5-c5cc6c7ccccc7sc6c6cncc4c56)ccc32)cc1. The molecule has 0 saturated heterocycles. The van der Waals surface area contributed by atoms with E-state index in [2.05, 4.69) is 259 Å². The molecule has 0 aliphatic carbocycles. The van der Waals surface area contributed by atoms with Gasteiger partial charge in [-0.2, -0.15) is 0 Å². The van der Waals surface area contributed by atoms with Crippen molar-refractivity contribution in [2.24, 2.45) is 0 Å². The topological polar surface area (TPSA) is 37.2 Å². The van der Waals surface area contributed by atoms with Gasteiger partial charge >= 0.3 is 0 Å². The third-order valence-electron chi connectivity index (χ3n) is 16.9. The number of fused-ring (bicyclic) bond motifs is 15. The van der Waals surface area contributed by atoms with Crippen LogP contribution in [-0.4, -0.2) is 14.5 Å². The van der Waals surface area contributed by atoms with E-state index in [0.29, 0.717) is 0 Å². The molecule has 0 N–H and O–H groups in total. The molecule has 7 heteroatoms. The summed E-state index contributed by atoms with van der Waals surface area (Å²) in [7, 11) is 0. The van der Waals surface area contributed by atoms with Gasteiger partial charge in [0, 0.05) is 103 Å². The lowest BCUT2D eigenvalue weighted by Crippen LogP contribution is -2.15. The van der Waals surface area contributed by atoms with Crippen LogP contribution in [0.4, 0.5) is 34.1 Å². The van der Waals surface area contributed by atoms with E-state index >= 15 is 0 Å². The molecule has 18 rings (SSSR count). The second kappa shape index (κ2) is 17.8. The van der Waals surface area contributed by atoms with Crippen LogP contribution in [-0.2, 0) is 0 Å². The number of thiophene rings is 2. The first-order valence-electron chi connectivity index (χ1n) is 27.5. The number of hydrogen-bond acceptors (Lipinski definition) is 6. The molecule has 0 spiro atoms. The van der Waals surface area contributed by atoms with Crippen LogP contribution in [0, 0.1) is 13.8 Å². The van der Waals surface area contributed by atoms with Crippen LogP contribution in [0.25, 0.3) is 123 Å². The van der Waals surface area contributed by atoms with Gasteiger partial charge in [0.1, 0.15) is 0 Å². The van der Waals surface area contributed by atoms with Crippen LogP contribution in [0.15, 0.2) is 249 Å². The zero-order valence-corrected chi connectivity index (χ0v) is 45.9. The standard InChI is InChI=1S/C39H23N3S.C35H24N2S/c1-2-10-24(11-3-1)41-33-15-7-4-12-26(33)29-20-25(18-19-35(29)41)42-34-16-8-5-13-27(34)30-21-31-28-14-6-9-17-37(28)43-39(31)32-22-40-23-36(42)38(30)32;1-21-9-3-4-10-24(21)27-19-23(17-16-22(27)2)37-30-13-6-5-11-25(30)28-20-29-34-32(15-8-18-36-34)38-35(29)26-12-7-14-31(37)33(26)28/h1-23H;3-20H,1-2H3. The number of rotatable bonds is 4. The lowest BCUT2D eigenvalue weighted by atomic mass is 9.89. The molecule has 2 aliphatic rings. The Kier molecular flexibility index (Phi) is 10.1. The first-order chi connectivity index (χ1) is 40.0. The van der Waals surface area contributed by atoms with Crippen molar-refractivity contribution in [3.05, 3.63) is 260 Å². The molecule has 5 nitrogen and oxygen atoms in total. The molecule has 2 aliphatic heterocycles. The Balaban J connectivity index is 0.000000130. The molecule has 5 aromatic heterocycles. The van der Waals surface area contributed by atoms with Crippen LogP contribution >= 0.6 is 22.7 Å². The van der Waals surface area contributed by atoms with E-state index in [1.807, 2.05) is 41.1 Å². The average Bonchev–Trinajstić information content (AvgIpc) is 4.35. The normalized spacial score (nSPS) is 12.5. The smallest absolute Gasteiger partial charge is 0.0888 e. The van der Waals surface area contributed by atoms with Gasteiger partial charge in [0.05, 0.1) is 50.2 Å². The highest BCUT2D eigenvalue weighted by atomic mass is 32.1. The third-order valence-corrected chi connectivity index (χ3v) is 19.3. The predicted molar refractivity (Wildman–Crippen MR) is 346 cm³/mol. The lowest BCUT2D eigenvalue weighted by molar-refractivity contribution is 1.18. The molecule has 7 heterocycles. The molecule has 0 fully saturated rings. The number of para-hydroxylation sites is 4. The van der Waals surface area contributed by atoms with E-state index in [1.165, 1.54) is 151 Å². The van der Waals surface area contributed by atoms with Crippen molar-refractivity contribution in [1.82, 2.24) is 14.5 Å². The van der Waals surface area contributed by atoms with Crippen molar-refractivity contribution in [3.63, 3.8) is 0 Å². The van der Waals surface area contributed by atoms with Gasteiger partial charge in [0.2, 0.25) is 0 Å². The van der Waals surface area contributed by atoms with Gasteiger partial charge in [0.15, 0.2) is 0 Å². The summed E-state index contributed by atoms with van der Waals surface area (Å²) in [5.74, 6) is 0. The number of hydrogen-bond donors (Lipinski definition) is 0. The van der Waals surface area contributed by atoms with E-state index in [4.69, 9.17) is 9.97 Å². The fourth-order valence-corrected chi connectivity index (χ4v) is 15.7. The van der Waals surface area contributed by atoms with Crippen molar-refractivity contribution < 1.29 is 0 Å². The van der Waals surface area contributed by atoms with Crippen molar-refractivity contribution in [2.75, 3.05) is 9.80 Å². The Bertz CT molecular complexity index is 5300. The minimum atomic E-state index is 1.09. The van der Waals surface area contributed by atoms with Crippen LogP contribution in [0.5, 0.6) is 0 Å². The molecule has 0 saturated carbocycles. The van der Waals surface area contributed by atoms with E-state index in [-0.39, 0.29) is 0 Å². The maximum atomic E-state index is 4.84. The fraction of sp³-hybridized carbons (Fsp3) is 0.0270. The molecule has 0 unspecified atom stereocenters. The molecule has 81 heavy (non-hydrogen) atoms. The molecule has 0 radical (unpaired) electrons. The summed E-state index contributed by atoms with van der Waals surface area (Å²) >= 11 is 3.71. The van der Waals surface area contributed by atoms with E-state index in [0.717, 1.165) is 16.9 Å². The maximum absolute atomic E-state index is 4.84. The summed E-state index contributed by atoms with van der Waals surface area (Å²) in [6.45, 7) is 4.40. The van der Waals surface area contributed by atoms with Gasteiger partial charge in [-0.3, -0.25) is 9.97 Å². The van der Waals surface area contributed by atoms with Gasteiger partial charge in [-0.1, -0.05) is 133 Å². The van der Waals surface area contributed by atoms with Gasteiger partial charge in [0.25, 0.3) is 0 Å². The van der Waals surface area contributed by atoms with E-state index in [1.54, 1.807) is 0 Å². The summed E-state index contributed by atoms with van der Waals surface area (Å²) in [5.41, 5.74) is 21.9. The predicted octanol–water partition coefficient (Wildman–Crippen LogP) is 21.5. The molecular formula is C74H47N5S2. The summed E-state index contributed by atoms with van der Waals surface area (Å²) < 4.78 is 7.52. The Morgan fingerprint density at radius 1 is 0.333 bits per heavy atom. The molecular weight excluding hydrogens is 1020 g/mol. The largest absolute Gasteiger partial charge is 0.309 e. The zero-order valence-electron chi connectivity index (χ0n) is 44.2. The quantitative estimate of drug-likeness (QED) is 0.176. The number of anilines is 6. The highest BCUT2D eigenvalue weighted by Crippen LogP contribution is 2.56. The fourth-order valence-electron chi connectivity index (χ4n) is 13.3. The second-order valence-electron chi connectivity index (χ2n) is 21.3. The number of pyridine rings is 2. The number of nitrogens with zero attached hydrogens (tertiary/aromatic N) is 5. The van der Waals surface area contributed by atoms with Crippen molar-refractivity contribution in [3.8, 4) is 39.1 Å². The second-order valence-corrected chi connectivity index (χ2v) is 23.4. The highest BCUT2D eigenvalue weighted by Gasteiger charge is 2.31. The van der Waals surface area contributed by atoms with Crippen LogP contribution in [0.3, 0.4) is 0 Å². The monoisotopic (exact) mass is 1070 g/mol. The molecule has 11 aromatic carbocycles.